The number of carbonyl (C=O) groups excluding carboxylic acids is 2. The number of aliphatic hydroxyl groups excluding tert-OH is 3. The van der Waals surface area contributed by atoms with Crippen LogP contribution in [0, 0.1) is 0 Å². The lowest BCUT2D eigenvalue weighted by molar-refractivity contribution is -0.297. The van der Waals surface area contributed by atoms with E-state index in [9.17, 15) is 37.9 Å². The van der Waals surface area contributed by atoms with Gasteiger partial charge in [0, 0.05) is 12.8 Å². The molecule has 1 heterocycles. The van der Waals surface area contributed by atoms with Crippen LogP contribution in [0.5, 0.6) is 0 Å². The summed E-state index contributed by atoms with van der Waals surface area (Å²) in [7, 11) is -4.60. The Bertz CT molecular complexity index is 1230. The Labute approximate surface area is 351 Å². The van der Waals surface area contributed by atoms with Crippen LogP contribution in [-0.2, 0) is 38.7 Å². The van der Waals surface area contributed by atoms with E-state index in [2.05, 4.69) is 43.9 Å². The Morgan fingerprint density at radius 2 is 1.09 bits per heavy atom. The van der Waals surface area contributed by atoms with Crippen molar-refractivity contribution >= 4 is 22.1 Å². The van der Waals surface area contributed by atoms with E-state index in [0.29, 0.717) is 12.8 Å². The fourth-order valence-corrected chi connectivity index (χ4v) is 7.40. The number of aliphatic hydroxyl groups is 3. The van der Waals surface area contributed by atoms with Gasteiger partial charge in [-0.2, -0.15) is 8.42 Å². The molecule has 2 unspecified atom stereocenters. The third-order valence-electron chi connectivity index (χ3n) is 10.3. The normalized spacial score (nSPS) is 20.1. The van der Waals surface area contributed by atoms with Crippen molar-refractivity contribution in [1.82, 2.24) is 0 Å². The first-order valence-electron chi connectivity index (χ1n) is 22.6. The van der Waals surface area contributed by atoms with Crippen LogP contribution in [0.1, 0.15) is 187 Å². The van der Waals surface area contributed by atoms with Crippen molar-refractivity contribution in [2.45, 2.75) is 224 Å². The summed E-state index contributed by atoms with van der Waals surface area (Å²) < 4.78 is 54.0. The Morgan fingerprint density at radius 1 is 0.621 bits per heavy atom. The Morgan fingerprint density at radius 3 is 1.62 bits per heavy atom. The highest BCUT2D eigenvalue weighted by molar-refractivity contribution is 7.85. The lowest BCUT2D eigenvalue weighted by Crippen LogP contribution is -2.60. The predicted molar refractivity (Wildman–Crippen MR) is 228 cm³/mol. The number of hydrogen-bond donors (Lipinski definition) is 4. The average Bonchev–Trinajstić information content (AvgIpc) is 3.18. The maximum Gasteiger partial charge on any atom is 0.306 e. The van der Waals surface area contributed by atoms with Gasteiger partial charge in [0.2, 0.25) is 0 Å². The molecule has 0 aromatic heterocycles. The first kappa shape index (κ1) is 53.9. The molecule has 0 saturated carbocycles. The number of allylic oxidation sites excluding steroid dienone is 3. The summed E-state index contributed by atoms with van der Waals surface area (Å²) in [5.74, 6) is -2.02. The third kappa shape index (κ3) is 30.0. The second-order valence-corrected chi connectivity index (χ2v) is 17.3. The summed E-state index contributed by atoms with van der Waals surface area (Å²) in [6, 6.07) is 0. The van der Waals surface area contributed by atoms with Crippen LogP contribution >= 0.6 is 0 Å². The Hall–Kier alpha value is -2.09. The first-order valence-corrected chi connectivity index (χ1v) is 24.2. The molecule has 1 rings (SSSR count). The van der Waals surface area contributed by atoms with Crippen LogP contribution in [0.4, 0.5) is 0 Å². The van der Waals surface area contributed by atoms with Crippen LogP contribution in [0.15, 0.2) is 30.0 Å². The zero-order valence-electron chi connectivity index (χ0n) is 35.9. The topological polar surface area (TPSA) is 186 Å². The van der Waals surface area contributed by atoms with Gasteiger partial charge in [-0.15, -0.1) is 5.73 Å². The van der Waals surface area contributed by atoms with Crippen molar-refractivity contribution in [2.24, 2.45) is 0 Å². The molecule has 1 saturated heterocycles. The smallest absolute Gasteiger partial charge is 0.306 e. The molecular weight excluding hydrogens is 765 g/mol. The van der Waals surface area contributed by atoms with E-state index in [-0.39, 0.29) is 19.4 Å². The Balaban J connectivity index is 2.48. The molecule has 0 aliphatic carbocycles. The van der Waals surface area contributed by atoms with Gasteiger partial charge in [-0.1, -0.05) is 122 Å². The van der Waals surface area contributed by atoms with Crippen LogP contribution in [0.3, 0.4) is 0 Å². The molecule has 13 heteroatoms. The fraction of sp³-hybridized carbons (Fsp3) is 0.844. The van der Waals surface area contributed by atoms with Crippen molar-refractivity contribution in [3.8, 4) is 0 Å². The largest absolute Gasteiger partial charge is 0.462 e. The molecule has 12 nitrogen and oxygen atoms in total. The summed E-state index contributed by atoms with van der Waals surface area (Å²) in [6.07, 6.45) is 27.2. The highest BCUT2D eigenvalue weighted by atomic mass is 32.2. The number of ether oxygens (including phenoxy) is 4. The van der Waals surface area contributed by atoms with E-state index in [4.69, 9.17) is 18.9 Å². The van der Waals surface area contributed by atoms with Gasteiger partial charge in [0.1, 0.15) is 36.8 Å². The minimum Gasteiger partial charge on any atom is -0.462 e. The molecule has 338 valence electrons. The second kappa shape index (κ2) is 35.6. The van der Waals surface area contributed by atoms with Crippen molar-refractivity contribution in [3.63, 3.8) is 0 Å². The molecule has 1 fully saturated rings. The summed E-state index contributed by atoms with van der Waals surface area (Å²) in [5, 5.41) is 30.9. The molecule has 0 radical (unpaired) electrons. The van der Waals surface area contributed by atoms with Gasteiger partial charge in [-0.05, 0) is 76.4 Å². The average molecular weight is 845 g/mol. The Kier molecular flexibility index (Phi) is 33.1. The van der Waals surface area contributed by atoms with Gasteiger partial charge in [-0.25, -0.2) is 0 Å². The number of carbonyl (C=O) groups is 2. The molecule has 4 N–H and O–H groups in total. The highest BCUT2D eigenvalue weighted by Crippen LogP contribution is 2.24. The van der Waals surface area contributed by atoms with Gasteiger partial charge < -0.3 is 34.3 Å². The van der Waals surface area contributed by atoms with Crippen molar-refractivity contribution < 1.29 is 56.8 Å². The molecule has 0 aromatic rings. The minimum absolute atomic E-state index is 0.140. The zero-order chi connectivity index (χ0) is 42.7. The molecule has 0 aromatic carbocycles. The van der Waals surface area contributed by atoms with E-state index >= 15 is 0 Å². The SMILES string of the molecule is CCCCCCCC=C=CCCCCCCCC(=O)OC[C@H](CO[C@H]1O[C@H](CS(=O)(=O)O)[C@@H](O)C(O)C1O)OC(=O)CCCCC/C=C/CCCCCCCCCC. The molecule has 1 aliphatic heterocycles. The number of unbranched alkanes of at least 4 members (excludes halogenated alkanes) is 21. The van der Waals surface area contributed by atoms with Gasteiger partial charge >= 0.3 is 11.9 Å². The van der Waals surface area contributed by atoms with Crippen molar-refractivity contribution in [3.05, 3.63) is 30.0 Å². The summed E-state index contributed by atoms with van der Waals surface area (Å²) in [6.45, 7) is 3.71. The van der Waals surface area contributed by atoms with Gasteiger partial charge in [0.15, 0.2) is 12.4 Å². The van der Waals surface area contributed by atoms with Gasteiger partial charge in [0.05, 0.1) is 6.61 Å². The highest BCUT2D eigenvalue weighted by Gasteiger charge is 2.46. The minimum atomic E-state index is -4.60. The van der Waals surface area contributed by atoms with Crippen LogP contribution in [0.25, 0.3) is 0 Å². The lowest BCUT2D eigenvalue weighted by atomic mass is 10.00. The van der Waals surface area contributed by atoms with Crippen molar-refractivity contribution in [2.75, 3.05) is 19.0 Å². The van der Waals surface area contributed by atoms with E-state index in [1.165, 1.54) is 83.5 Å². The maximum absolute atomic E-state index is 12.8. The lowest BCUT2D eigenvalue weighted by Gasteiger charge is -2.40. The predicted octanol–water partition coefficient (Wildman–Crippen LogP) is 8.99. The summed E-state index contributed by atoms with van der Waals surface area (Å²) in [5.41, 5.74) is 3.28. The third-order valence-corrected chi connectivity index (χ3v) is 11.0. The molecular formula is C45H80O12S. The zero-order valence-corrected chi connectivity index (χ0v) is 36.8. The summed E-state index contributed by atoms with van der Waals surface area (Å²) >= 11 is 0. The van der Waals surface area contributed by atoms with Gasteiger partial charge in [-0.3, -0.25) is 14.1 Å². The van der Waals surface area contributed by atoms with Gasteiger partial charge in [0.25, 0.3) is 10.1 Å². The van der Waals surface area contributed by atoms with E-state index in [0.717, 1.165) is 64.2 Å². The number of rotatable bonds is 37. The second-order valence-electron chi connectivity index (χ2n) is 15.8. The molecule has 0 spiro atoms. The monoisotopic (exact) mass is 845 g/mol. The molecule has 1 aliphatic rings. The quantitative estimate of drug-likeness (QED) is 0.0153. The molecule has 58 heavy (non-hydrogen) atoms. The molecule has 0 bridgehead atoms. The maximum atomic E-state index is 12.8. The number of hydrogen-bond acceptors (Lipinski definition) is 11. The summed E-state index contributed by atoms with van der Waals surface area (Å²) in [4.78, 5) is 25.4. The van der Waals surface area contributed by atoms with E-state index < -0.39 is 71.2 Å². The standard InChI is InChI=1S/C45H80O12S/c1-3-5-7-9-11-13-15-17-19-21-23-25-27-29-31-33-40(46)54-35-38(36-55-45-44(50)43(49)42(48)39(57-45)37-58(51,52)53)56-41(47)34-32-30-28-26-24-22-20-18-16-14-12-10-8-6-4-2/h15,19,22,24,38-39,42-45,48-50H,3-14,16,18,20-21,23,25-37H2,1-2H3,(H,51,52,53)/b24-22+/t17?,38-,39-,42-,43?,44?,45+/m1/s1. The van der Waals surface area contributed by atoms with E-state index in [1.807, 2.05) is 0 Å². The fourth-order valence-electron chi connectivity index (χ4n) is 6.71. The van der Waals surface area contributed by atoms with E-state index in [1.54, 1.807) is 0 Å². The molecule has 6 atom stereocenters. The van der Waals surface area contributed by atoms with Crippen LogP contribution < -0.4 is 0 Å². The van der Waals surface area contributed by atoms with Crippen molar-refractivity contribution in [1.29, 1.82) is 0 Å². The molecule has 0 amide bonds. The number of esters is 2. The van der Waals surface area contributed by atoms with Crippen LogP contribution in [0.2, 0.25) is 0 Å². The first-order chi connectivity index (χ1) is 28.0. The van der Waals surface area contributed by atoms with Crippen LogP contribution in [-0.4, -0.2) is 96.0 Å².